The summed E-state index contributed by atoms with van der Waals surface area (Å²) < 4.78 is 13.4. The molecule has 1 aliphatic heterocycles. The third-order valence-electron chi connectivity index (χ3n) is 4.75. The average Bonchev–Trinajstić information content (AvgIpc) is 3.08. The molecule has 3 rings (SSSR count). The number of carbonyl (C=O) groups is 2. The van der Waals surface area contributed by atoms with Gasteiger partial charge in [-0.15, -0.1) is 0 Å². The Labute approximate surface area is 146 Å². The summed E-state index contributed by atoms with van der Waals surface area (Å²) in [6.07, 6.45) is 1.36. The third-order valence-corrected chi connectivity index (χ3v) is 4.75. The second-order valence-corrected chi connectivity index (χ2v) is 6.40. The zero-order valence-electron chi connectivity index (χ0n) is 14.4. The van der Waals surface area contributed by atoms with E-state index in [1.54, 1.807) is 6.07 Å². The number of carbonyl (C=O) groups excluding carboxylic acids is 2. The van der Waals surface area contributed by atoms with Crippen molar-refractivity contribution in [2.75, 3.05) is 11.9 Å². The van der Waals surface area contributed by atoms with Crippen LogP contribution in [-0.2, 0) is 4.79 Å². The Morgan fingerprint density at radius 2 is 1.92 bits per heavy atom. The Morgan fingerprint density at radius 3 is 2.68 bits per heavy atom. The lowest BCUT2D eigenvalue weighted by atomic mass is 10.1. The van der Waals surface area contributed by atoms with Crippen molar-refractivity contribution in [2.45, 2.75) is 32.7 Å². The number of benzene rings is 2. The largest absolute Gasteiger partial charge is 0.327 e. The summed E-state index contributed by atoms with van der Waals surface area (Å²) in [6, 6.07) is 10.8. The lowest BCUT2D eigenvalue weighted by Crippen LogP contribution is -2.43. The highest BCUT2D eigenvalue weighted by molar-refractivity contribution is 6.01. The Morgan fingerprint density at radius 1 is 1.16 bits per heavy atom. The standard InChI is InChI=1S/C20H21FN2O2/c1-13-6-3-9-17(14(13)2)22-19(24)18-10-5-11-23(18)20(25)15-7-4-8-16(21)12-15/h3-4,6-9,12,18H,5,10-11H2,1-2H3,(H,22,24)/t18-/m0/s1. The van der Waals surface area contributed by atoms with Gasteiger partial charge in [0.1, 0.15) is 11.9 Å². The quantitative estimate of drug-likeness (QED) is 0.926. The van der Waals surface area contributed by atoms with Crippen molar-refractivity contribution >= 4 is 17.5 Å². The van der Waals surface area contributed by atoms with E-state index in [9.17, 15) is 14.0 Å². The van der Waals surface area contributed by atoms with E-state index in [2.05, 4.69) is 5.32 Å². The van der Waals surface area contributed by atoms with Crippen LogP contribution in [0, 0.1) is 19.7 Å². The van der Waals surface area contributed by atoms with E-state index < -0.39 is 11.9 Å². The Kier molecular flexibility index (Phi) is 4.83. The summed E-state index contributed by atoms with van der Waals surface area (Å²) in [5.74, 6) is -0.962. The number of nitrogens with one attached hydrogen (secondary N) is 1. The van der Waals surface area contributed by atoms with Crippen LogP contribution in [0.3, 0.4) is 0 Å². The highest BCUT2D eigenvalue weighted by atomic mass is 19.1. The summed E-state index contributed by atoms with van der Waals surface area (Å²) in [5, 5.41) is 2.93. The zero-order chi connectivity index (χ0) is 18.0. The van der Waals surface area contributed by atoms with E-state index in [4.69, 9.17) is 0 Å². The molecule has 1 saturated heterocycles. The summed E-state index contributed by atoms with van der Waals surface area (Å²) in [4.78, 5) is 26.9. The van der Waals surface area contributed by atoms with Crippen LogP contribution in [-0.4, -0.2) is 29.3 Å². The number of hydrogen-bond donors (Lipinski definition) is 1. The molecular formula is C20H21FN2O2. The van der Waals surface area contributed by atoms with Gasteiger partial charge < -0.3 is 10.2 Å². The maximum Gasteiger partial charge on any atom is 0.254 e. The Balaban J connectivity index is 1.78. The number of amides is 2. The first-order valence-corrected chi connectivity index (χ1v) is 8.41. The summed E-state index contributed by atoms with van der Waals surface area (Å²) >= 11 is 0. The molecule has 0 spiro atoms. The molecule has 2 aromatic rings. The normalized spacial score (nSPS) is 16.8. The van der Waals surface area contributed by atoms with Crippen LogP contribution >= 0.6 is 0 Å². The first-order chi connectivity index (χ1) is 12.0. The number of aryl methyl sites for hydroxylation is 1. The van der Waals surface area contributed by atoms with Crippen LogP contribution in [0.2, 0.25) is 0 Å². The van der Waals surface area contributed by atoms with Crippen molar-refractivity contribution in [2.24, 2.45) is 0 Å². The smallest absolute Gasteiger partial charge is 0.254 e. The van der Waals surface area contributed by atoms with Crippen molar-refractivity contribution in [3.8, 4) is 0 Å². The second-order valence-electron chi connectivity index (χ2n) is 6.40. The molecule has 0 unspecified atom stereocenters. The lowest BCUT2D eigenvalue weighted by Gasteiger charge is -2.24. The van der Waals surface area contributed by atoms with E-state index in [0.717, 1.165) is 23.2 Å². The van der Waals surface area contributed by atoms with Crippen LogP contribution in [0.25, 0.3) is 0 Å². The monoisotopic (exact) mass is 340 g/mol. The lowest BCUT2D eigenvalue weighted by molar-refractivity contribution is -0.119. The van der Waals surface area contributed by atoms with E-state index in [1.165, 1.54) is 23.1 Å². The summed E-state index contributed by atoms with van der Waals surface area (Å²) in [6.45, 7) is 4.44. The molecule has 2 amide bonds. The predicted molar refractivity (Wildman–Crippen MR) is 95.0 cm³/mol. The Bertz CT molecular complexity index is 819. The van der Waals surface area contributed by atoms with Gasteiger partial charge in [-0.25, -0.2) is 4.39 Å². The molecule has 0 saturated carbocycles. The van der Waals surface area contributed by atoms with Crippen molar-refractivity contribution in [3.63, 3.8) is 0 Å². The topological polar surface area (TPSA) is 49.4 Å². The minimum Gasteiger partial charge on any atom is -0.327 e. The van der Waals surface area contributed by atoms with E-state index in [0.29, 0.717) is 13.0 Å². The van der Waals surface area contributed by atoms with Gasteiger partial charge in [0.25, 0.3) is 5.91 Å². The number of likely N-dealkylation sites (tertiary alicyclic amines) is 1. The van der Waals surface area contributed by atoms with Crippen LogP contribution < -0.4 is 5.32 Å². The van der Waals surface area contributed by atoms with Gasteiger partial charge in [0.2, 0.25) is 5.91 Å². The van der Waals surface area contributed by atoms with Gasteiger partial charge in [0.15, 0.2) is 0 Å². The van der Waals surface area contributed by atoms with E-state index in [1.807, 2.05) is 32.0 Å². The van der Waals surface area contributed by atoms with Gasteiger partial charge in [-0.1, -0.05) is 18.2 Å². The zero-order valence-corrected chi connectivity index (χ0v) is 14.4. The second kappa shape index (κ2) is 7.05. The van der Waals surface area contributed by atoms with Crippen LogP contribution in [0.5, 0.6) is 0 Å². The number of rotatable bonds is 3. The molecule has 0 aliphatic carbocycles. The maximum atomic E-state index is 13.4. The molecule has 1 N–H and O–H groups in total. The molecule has 1 atom stereocenters. The highest BCUT2D eigenvalue weighted by Gasteiger charge is 2.34. The van der Waals surface area contributed by atoms with Crippen molar-refractivity contribution in [1.29, 1.82) is 0 Å². The summed E-state index contributed by atoms with van der Waals surface area (Å²) in [5.41, 5.74) is 3.13. The van der Waals surface area contributed by atoms with E-state index >= 15 is 0 Å². The van der Waals surface area contributed by atoms with Crippen LogP contribution in [0.1, 0.15) is 34.3 Å². The first-order valence-electron chi connectivity index (χ1n) is 8.41. The number of halogens is 1. The molecule has 0 bridgehead atoms. The van der Waals surface area contributed by atoms with Crippen LogP contribution in [0.15, 0.2) is 42.5 Å². The van der Waals surface area contributed by atoms with Gasteiger partial charge in [0, 0.05) is 17.8 Å². The highest BCUT2D eigenvalue weighted by Crippen LogP contribution is 2.24. The molecule has 1 fully saturated rings. The van der Waals surface area contributed by atoms with Gasteiger partial charge >= 0.3 is 0 Å². The molecule has 1 heterocycles. The van der Waals surface area contributed by atoms with Crippen molar-refractivity contribution in [3.05, 3.63) is 65.0 Å². The fourth-order valence-electron chi connectivity index (χ4n) is 3.17. The van der Waals surface area contributed by atoms with Crippen LogP contribution in [0.4, 0.5) is 10.1 Å². The molecule has 130 valence electrons. The number of hydrogen-bond acceptors (Lipinski definition) is 2. The van der Waals surface area contributed by atoms with Gasteiger partial charge in [0.05, 0.1) is 0 Å². The minimum absolute atomic E-state index is 0.198. The Hall–Kier alpha value is -2.69. The molecule has 0 radical (unpaired) electrons. The molecule has 0 aromatic heterocycles. The molecule has 1 aliphatic rings. The minimum atomic E-state index is -0.532. The fraction of sp³-hybridized carbons (Fsp3) is 0.300. The molecule has 4 nitrogen and oxygen atoms in total. The molecular weight excluding hydrogens is 319 g/mol. The molecule has 2 aromatic carbocycles. The first kappa shape index (κ1) is 17.1. The number of anilines is 1. The van der Waals surface area contributed by atoms with Crippen molar-refractivity contribution < 1.29 is 14.0 Å². The van der Waals surface area contributed by atoms with Gasteiger partial charge in [-0.3, -0.25) is 9.59 Å². The summed E-state index contributed by atoms with van der Waals surface area (Å²) in [7, 11) is 0. The SMILES string of the molecule is Cc1cccc(NC(=O)[C@@H]2CCCN2C(=O)c2cccc(F)c2)c1C. The molecule has 5 heteroatoms. The van der Waals surface area contributed by atoms with Crippen molar-refractivity contribution in [1.82, 2.24) is 4.90 Å². The molecule has 25 heavy (non-hydrogen) atoms. The van der Waals surface area contributed by atoms with E-state index in [-0.39, 0.29) is 17.4 Å². The fourth-order valence-corrected chi connectivity index (χ4v) is 3.17. The van der Waals surface area contributed by atoms with Gasteiger partial charge in [-0.2, -0.15) is 0 Å². The predicted octanol–water partition coefficient (Wildman–Crippen LogP) is 3.69. The van der Waals surface area contributed by atoms with Gasteiger partial charge in [-0.05, 0) is 62.1 Å². The number of nitrogens with zero attached hydrogens (tertiary/aromatic N) is 1. The maximum absolute atomic E-state index is 13.4. The third kappa shape index (κ3) is 3.55. The average molecular weight is 340 g/mol.